The Morgan fingerprint density at radius 3 is 2.09 bits per heavy atom. The van der Waals surface area contributed by atoms with Gasteiger partial charge in [-0.1, -0.05) is 19.9 Å². The van der Waals surface area contributed by atoms with Gasteiger partial charge in [-0.3, -0.25) is 0 Å². The molecule has 1 N–H and O–H groups in total. The van der Waals surface area contributed by atoms with E-state index in [-0.39, 0.29) is 0 Å². The van der Waals surface area contributed by atoms with E-state index in [1.165, 1.54) is 0 Å². The molecule has 0 rings (SSSR count). The van der Waals surface area contributed by atoms with Crippen LogP contribution in [-0.4, -0.2) is 18.1 Å². The second-order valence-corrected chi connectivity index (χ2v) is 3.10. The van der Waals surface area contributed by atoms with Crippen LogP contribution in [0.3, 0.4) is 0 Å². The summed E-state index contributed by atoms with van der Waals surface area (Å²) in [6.45, 7) is 8.68. The molecule has 66 valence electrons. The third-order valence-corrected chi connectivity index (χ3v) is 1.97. The summed E-state index contributed by atoms with van der Waals surface area (Å²) in [7, 11) is 1.94. The molecule has 0 aromatic rings. The summed E-state index contributed by atoms with van der Waals surface area (Å²) in [5, 5.41) is 2.12. The lowest BCUT2D eigenvalue weighted by Crippen LogP contribution is -2.40. The maximum absolute atomic E-state index is 3.13. The first-order valence-corrected chi connectivity index (χ1v) is 4.22. The zero-order chi connectivity index (χ0) is 8.85. The van der Waals surface area contributed by atoms with Crippen molar-refractivity contribution >= 4 is 0 Å². The van der Waals surface area contributed by atoms with Crippen molar-refractivity contribution in [1.29, 1.82) is 0 Å². The molecule has 0 radical (unpaired) electrons. The summed E-state index contributed by atoms with van der Waals surface area (Å²) in [4.78, 5) is 0. The largest absolute Gasteiger partial charge is 0.313 e. The summed E-state index contributed by atoms with van der Waals surface area (Å²) in [6.07, 6.45) is 4.10. The van der Waals surface area contributed by atoms with E-state index >= 15 is 0 Å². The number of allylic oxidation sites excluding steroid dienone is 1. The molecule has 0 saturated heterocycles. The van der Waals surface area contributed by atoms with Gasteiger partial charge in [-0.05, 0) is 19.8 Å². The minimum absolute atomic E-state index is 0.538. The van der Waals surface area contributed by atoms with Crippen LogP contribution >= 0.6 is 0 Å². The molecule has 0 amide bonds. The van der Waals surface area contributed by atoms with Gasteiger partial charge in [0, 0.05) is 19.3 Å². The molecule has 0 bridgehead atoms. The van der Waals surface area contributed by atoms with E-state index in [4.69, 9.17) is 0 Å². The van der Waals surface area contributed by atoms with Gasteiger partial charge in [0.1, 0.15) is 0 Å². The lowest BCUT2D eigenvalue weighted by atomic mass is 10.1. The Balaban J connectivity index is 4.02. The normalized spacial score (nSPS) is 14.4. The van der Waals surface area contributed by atoms with Crippen molar-refractivity contribution in [3.63, 3.8) is 0 Å². The van der Waals surface area contributed by atoms with Crippen LogP contribution in [0.1, 0.15) is 27.7 Å². The number of nitrogens with one attached hydrogen (secondary N) is 1. The standard InChI is InChI=1S/C9H20N2/c1-6-7-11(10-5)9(4)8(2)3/h6-10H,1-5H3/b7-6-. The van der Waals surface area contributed by atoms with Crippen molar-refractivity contribution in [2.75, 3.05) is 7.05 Å². The first-order chi connectivity index (χ1) is 5.13. The van der Waals surface area contributed by atoms with Crippen LogP contribution < -0.4 is 5.43 Å². The summed E-state index contributed by atoms with van der Waals surface area (Å²) in [5.41, 5.74) is 3.13. The van der Waals surface area contributed by atoms with Gasteiger partial charge in [0.15, 0.2) is 0 Å². The van der Waals surface area contributed by atoms with Crippen LogP contribution in [0.5, 0.6) is 0 Å². The highest BCUT2D eigenvalue weighted by Crippen LogP contribution is 2.07. The van der Waals surface area contributed by atoms with E-state index in [2.05, 4.69) is 37.4 Å². The Kier molecular flexibility index (Phi) is 4.95. The lowest BCUT2D eigenvalue weighted by molar-refractivity contribution is 0.184. The average molecular weight is 156 g/mol. The topological polar surface area (TPSA) is 15.3 Å². The summed E-state index contributed by atoms with van der Waals surface area (Å²) in [6, 6.07) is 0.538. The molecule has 1 unspecified atom stereocenters. The number of rotatable bonds is 4. The second kappa shape index (κ2) is 5.19. The van der Waals surface area contributed by atoms with Crippen molar-refractivity contribution in [3.05, 3.63) is 12.3 Å². The molecule has 0 aromatic carbocycles. The maximum Gasteiger partial charge on any atom is 0.0442 e. The predicted molar refractivity (Wildman–Crippen MR) is 50.0 cm³/mol. The van der Waals surface area contributed by atoms with Crippen LogP contribution in [0.25, 0.3) is 0 Å². The predicted octanol–water partition coefficient (Wildman–Crippen LogP) is 2.00. The molecule has 0 aliphatic carbocycles. The minimum atomic E-state index is 0.538. The third-order valence-electron chi connectivity index (χ3n) is 1.97. The second-order valence-electron chi connectivity index (χ2n) is 3.10. The Morgan fingerprint density at radius 1 is 1.27 bits per heavy atom. The van der Waals surface area contributed by atoms with Crippen molar-refractivity contribution in [2.24, 2.45) is 5.92 Å². The van der Waals surface area contributed by atoms with Crippen molar-refractivity contribution < 1.29 is 0 Å². The molecule has 1 atom stereocenters. The van der Waals surface area contributed by atoms with Crippen LogP contribution in [0, 0.1) is 5.92 Å². The highest BCUT2D eigenvalue weighted by atomic mass is 15.5. The van der Waals surface area contributed by atoms with E-state index in [1.807, 2.05) is 20.0 Å². The Bertz CT molecular complexity index is 119. The van der Waals surface area contributed by atoms with E-state index in [0.717, 1.165) is 0 Å². The summed E-state index contributed by atoms with van der Waals surface area (Å²) < 4.78 is 0. The van der Waals surface area contributed by atoms with E-state index in [9.17, 15) is 0 Å². The molecule has 11 heavy (non-hydrogen) atoms. The number of hydrogen-bond donors (Lipinski definition) is 1. The first kappa shape index (κ1) is 10.5. The van der Waals surface area contributed by atoms with E-state index < -0.39 is 0 Å². The molecule has 2 nitrogen and oxygen atoms in total. The highest BCUT2D eigenvalue weighted by Gasteiger charge is 2.11. The van der Waals surface area contributed by atoms with Gasteiger partial charge in [0.25, 0.3) is 0 Å². The molecule has 0 heterocycles. The van der Waals surface area contributed by atoms with Gasteiger partial charge in [-0.25, -0.2) is 5.43 Å². The Hall–Kier alpha value is -0.500. The first-order valence-electron chi connectivity index (χ1n) is 4.22. The van der Waals surface area contributed by atoms with Crippen LogP contribution in [0.2, 0.25) is 0 Å². The fraction of sp³-hybridized carbons (Fsp3) is 0.778. The summed E-state index contributed by atoms with van der Waals surface area (Å²) >= 11 is 0. The number of nitrogens with zero attached hydrogens (tertiary/aromatic N) is 1. The monoisotopic (exact) mass is 156 g/mol. The molecule has 0 saturated carbocycles. The molecule has 0 spiro atoms. The molecule has 0 fully saturated rings. The molecule has 0 aliphatic rings. The fourth-order valence-corrected chi connectivity index (χ4v) is 0.896. The van der Waals surface area contributed by atoms with Gasteiger partial charge in [0.2, 0.25) is 0 Å². The molecule has 2 heteroatoms. The van der Waals surface area contributed by atoms with Crippen LogP contribution in [0.4, 0.5) is 0 Å². The quantitative estimate of drug-likeness (QED) is 0.626. The van der Waals surface area contributed by atoms with Crippen molar-refractivity contribution in [1.82, 2.24) is 10.4 Å². The number of hydrazine groups is 1. The van der Waals surface area contributed by atoms with Gasteiger partial charge in [-0.15, -0.1) is 0 Å². The van der Waals surface area contributed by atoms with Crippen molar-refractivity contribution in [2.45, 2.75) is 33.7 Å². The van der Waals surface area contributed by atoms with Crippen molar-refractivity contribution in [3.8, 4) is 0 Å². The Labute approximate surface area is 70.2 Å². The summed E-state index contributed by atoms with van der Waals surface area (Å²) in [5.74, 6) is 0.665. The maximum atomic E-state index is 3.13. The van der Waals surface area contributed by atoms with E-state index in [0.29, 0.717) is 12.0 Å². The van der Waals surface area contributed by atoms with Gasteiger partial charge in [-0.2, -0.15) is 0 Å². The van der Waals surface area contributed by atoms with E-state index in [1.54, 1.807) is 0 Å². The third kappa shape index (κ3) is 3.42. The van der Waals surface area contributed by atoms with Gasteiger partial charge >= 0.3 is 0 Å². The Morgan fingerprint density at radius 2 is 1.82 bits per heavy atom. The zero-order valence-electron chi connectivity index (χ0n) is 8.26. The van der Waals surface area contributed by atoms with Crippen LogP contribution in [0.15, 0.2) is 12.3 Å². The molecule has 0 aliphatic heterocycles. The average Bonchev–Trinajstić information content (AvgIpc) is 1.98. The smallest absolute Gasteiger partial charge is 0.0442 e. The SMILES string of the molecule is C/C=C\N(NC)C(C)C(C)C. The minimum Gasteiger partial charge on any atom is -0.313 e. The lowest BCUT2D eigenvalue weighted by Gasteiger charge is -2.29. The molecular formula is C9H20N2. The van der Waals surface area contributed by atoms with Crippen LogP contribution in [-0.2, 0) is 0 Å². The highest BCUT2D eigenvalue weighted by molar-refractivity contribution is 4.80. The van der Waals surface area contributed by atoms with Gasteiger partial charge in [0.05, 0.1) is 0 Å². The molecule has 0 aromatic heterocycles. The molecular weight excluding hydrogens is 136 g/mol. The fourth-order valence-electron chi connectivity index (χ4n) is 0.896. The zero-order valence-corrected chi connectivity index (χ0v) is 8.26. The number of hydrogen-bond acceptors (Lipinski definition) is 2. The van der Waals surface area contributed by atoms with Gasteiger partial charge < -0.3 is 5.01 Å².